The maximum Gasteiger partial charge on any atom is 0.373 e. The number of ether oxygens (including phenoxy) is 5. The molecule has 3 atom stereocenters. The summed E-state index contributed by atoms with van der Waals surface area (Å²) in [6.45, 7) is 7.53. The molecule has 0 saturated carbocycles. The molecule has 1 aliphatic heterocycles. The highest BCUT2D eigenvalue weighted by molar-refractivity contribution is 5.87. The zero-order valence-corrected chi connectivity index (χ0v) is 18.9. The standard InChI is InChI=1S/C25H32O8/c1-3-11-31-24(27)23-16-20(21-17-32-22-8-6-5-7-18(21)22)19(25(33-23)30-4-2)9-12-28-14-15-29-13-10-26/h3,5-8,16-17,19-20,25-26H,1,4,9-15H2,2H3/t19-,20+,25-/m1/s1. The van der Waals surface area contributed by atoms with Crippen molar-refractivity contribution >= 4 is 16.9 Å². The molecule has 0 fully saturated rings. The number of furan rings is 1. The van der Waals surface area contributed by atoms with Gasteiger partial charge >= 0.3 is 5.97 Å². The highest BCUT2D eigenvalue weighted by Gasteiger charge is 2.39. The van der Waals surface area contributed by atoms with Crippen LogP contribution in [0.2, 0.25) is 0 Å². The zero-order chi connectivity index (χ0) is 23.5. The van der Waals surface area contributed by atoms with Crippen molar-refractivity contribution in [3.63, 3.8) is 0 Å². The monoisotopic (exact) mass is 460 g/mol. The molecule has 1 N–H and O–H groups in total. The first-order chi connectivity index (χ1) is 16.2. The van der Waals surface area contributed by atoms with Gasteiger partial charge in [0, 0.05) is 36.0 Å². The number of para-hydroxylation sites is 1. The summed E-state index contributed by atoms with van der Waals surface area (Å²) < 4.78 is 33.8. The van der Waals surface area contributed by atoms with Gasteiger partial charge in [0.2, 0.25) is 12.0 Å². The van der Waals surface area contributed by atoms with Gasteiger partial charge in [0.1, 0.15) is 12.2 Å². The number of carbonyl (C=O) groups is 1. The molecule has 1 aromatic heterocycles. The second-order valence-corrected chi connectivity index (χ2v) is 7.47. The van der Waals surface area contributed by atoms with Crippen LogP contribution in [0.4, 0.5) is 0 Å². The minimum Gasteiger partial charge on any atom is -0.464 e. The number of hydrogen-bond acceptors (Lipinski definition) is 8. The van der Waals surface area contributed by atoms with Gasteiger partial charge in [-0.1, -0.05) is 30.9 Å². The number of rotatable bonds is 14. The minimum absolute atomic E-state index is 0.0142. The summed E-state index contributed by atoms with van der Waals surface area (Å²) in [6.07, 6.45) is 4.99. The van der Waals surface area contributed by atoms with Crippen molar-refractivity contribution in [1.82, 2.24) is 0 Å². The summed E-state index contributed by atoms with van der Waals surface area (Å²) in [5.41, 5.74) is 1.72. The van der Waals surface area contributed by atoms with Crippen LogP contribution < -0.4 is 0 Å². The van der Waals surface area contributed by atoms with Crippen LogP contribution in [0.3, 0.4) is 0 Å². The smallest absolute Gasteiger partial charge is 0.373 e. The van der Waals surface area contributed by atoms with Gasteiger partial charge in [-0.3, -0.25) is 0 Å². The summed E-state index contributed by atoms with van der Waals surface area (Å²) in [5.74, 6) is -0.784. The highest BCUT2D eigenvalue weighted by atomic mass is 16.7. The lowest BCUT2D eigenvalue weighted by Crippen LogP contribution is -2.37. The normalized spacial score (nSPS) is 20.3. The third-order valence-corrected chi connectivity index (χ3v) is 5.32. The molecule has 0 bridgehead atoms. The molecule has 8 nitrogen and oxygen atoms in total. The summed E-state index contributed by atoms with van der Waals surface area (Å²) in [5, 5.41) is 9.75. The fourth-order valence-electron chi connectivity index (χ4n) is 3.85. The Hall–Kier alpha value is -2.65. The van der Waals surface area contributed by atoms with E-state index in [1.807, 2.05) is 31.2 Å². The molecule has 0 aliphatic carbocycles. The van der Waals surface area contributed by atoms with Crippen molar-refractivity contribution < 1.29 is 38.0 Å². The number of aliphatic hydroxyl groups excluding tert-OH is 1. The Bertz CT molecular complexity index is 918. The van der Waals surface area contributed by atoms with E-state index in [1.165, 1.54) is 6.08 Å². The van der Waals surface area contributed by atoms with E-state index in [0.29, 0.717) is 32.8 Å². The number of aliphatic hydroxyl groups is 1. The molecule has 0 amide bonds. The van der Waals surface area contributed by atoms with Crippen LogP contribution in [0.15, 0.2) is 59.4 Å². The number of benzene rings is 1. The minimum atomic E-state index is -0.654. The van der Waals surface area contributed by atoms with Crippen molar-refractivity contribution in [1.29, 1.82) is 0 Å². The van der Waals surface area contributed by atoms with Crippen molar-refractivity contribution in [2.24, 2.45) is 5.92 Å². The molecule has 0 saturated heterocycles. The average Bonchev–Trinajstić information content (AvgIpc) is 3.26. The summed E-state index contributed by atoms with van der Waals surface area (Å²) >= 11 is 0. The van der Waals surface area contributed by atoms with E-state index in [4.69, 9.17) is 33.2 Å². The molecule has 0 radical (unpaired) electrons. The van der Waals surface area contributed by atoms with Crippen LogP contribution in [0.1, 0.15) is 24.8 Å². The van der Waals surface area contributed by atoms with Crippen LogP contribution in [-0.4, -0.2) is 63.6 Å². The Morgan fingerprint density at radius 3 is 2.73 bits per heavy atom. The maximum absolute atomic E-state index is 12.6. The molecule has 2 aromatic rings. The highest BCUT2D eigenvalue weighted by Crippen LogP contribution is 2.42. The van der Waals surface area contributed by atoms with Crippen LogP contribution >= 0.6 is 0 Å². The van der Waals surface area contributed by atoms with E-state index < -0.39 is 12.3 Å². The van der Waals surface area contributed by atoms with E-state index in [2.05, 4.69) is 6.58 Å². The largest absolute Gasteiger partial charge is 0.464 e. The molecular weight excluding hydrogens is 428 g/mol. The first-order valence-corrected chi connectivity index (χ1v) is 11.2. The Labute approximate surface area is 193 Å². The van der Waals surface area contributed by atoms with Gasteiger partial charge in [0.25, 0.3) is 0 Å². The first kappa shape index (κ1) is 25.0. The molecule has 8 heteroatoms. The van der Waals surface area contributed by atoms with Gasteiger partial charge in [-0.15, -0.1) is 0 Å². The fourth-order valence-corrected chi connectivity index (χ4v) is 3.85. The number of fused-ring (bicyclic) bond motifs is 1. The van der Waals surface area contributed by atoms with Crippen LogP contribution in [0, 0.1) is 5.92 Å². The lowest BCUT2D eigenvalue weighted by Gasteiger charge is -2.36. The maximum atomic E-state index is 12.6. The predicted octanol–water partition coefficient (Wildman–Crippen LogP) is 3.55. The van der Waals surface area contributed by atoms with Gasteiger partial charge in [0.05, 0.1) is 32.7 Å². The molecule has 33 heavy (non-hydrogen) atoms. The quantitative estimate of drug-likeness (QED) is 0.260. The third-order valence-electron chi connectivity index (χ3n) is 5.32. The van der Waals surface area contributed by atoms with E-state index in [1.54, 1.807) is 12.3 Å². The second kappa shape index (κ2) is 13.2. The van der Waals surface area contributed by atoms with E-state index in [9.17, 15) is 4.79 Å². The predicted molar refractivity (Wildman–Crippen MR) is 122 cm³/mol. The summed E-state index contributed by atoms with van der Waals surface area (Å²) in [6, 6.07) is 7.77. The van der Waals surface area contributed by atoms with E-state index in [0.717, 1.165) is 16.5 Å². The number of allylic oxidation sites excluding steroid dienone is 1. The second-order valence-electron chi connectivity index (χ2n) is 7.47. The Morgan fingerprint density at radius 1 is 1.18 bits per heavy atom. The lowest BCUT2D eigenvalue weighted by atomic mass is 9.81. The third kappa shape index (κ3) is 6.68. The molecule has 1 aromatic carbocycles. The van der Waals surface area contributed by atoms with Crippen molar-refractivity contribution in [3.05, 3.63) is 60.6 Å². The van der Waals surface area contributed by atoms with E-state index >= 15 is 0 Å². The van der Waals surface area contributed by atoms with Gasteiger partial charge < -0.3 is 33.2 Å². The van der Waals surface area contributed by atoms with Crippen LogP contribution in [-0.2, 0) is 28.5 Å². The molecule has 2 heterocycles. The number of carbonyl (C=O) groups excluding carboxylic acids is 1. The Kier molecular flexibility index (Phi) is 9.96. The first-order valence-electron chi connectivity index (χ1n) is 11.2. The van der Waals surface area contributed by atoms with Gasteiger partial charge in [-0.25, -0.2) is 4.79 Å². The molecule has 3 rings (SSSR count). The lowest BCUT2D eigenvalue weighted by molar-refractivity contribution is -0.176. The van der Waals surface area contributed by atoms with Crippen LogP contribution in [0.5, 0.6) is 0 Å². The summed E-state index contributed by atoms with van der Waals surface area (Å²) in [4.78, 5) is 12.6. The van der Waals surface area contributed by atoms with Crippen LogP contribution in [0.25, 0.3) is 11.0 Å². The van der Waals surface area contributed by atoms with E-state index in [-0.39, 0.29) is 37.4 Å². The summed E-state index contributed by atoms with van der Waals surface area (Å²) in [7, 11) is 0. The SMILES string of the molecule is C=CCOC(=O)C1=C[C@H](c2coc3ccccc23)[C@@H](CCOCCOCCO)[C@H](OCC)O1. The number of esters is 1. The molecular formula is C25H32O8. The topological polar surface area (TPSA) is 96.6 Å². The van der Waals surface area contributed by atoms with Gasteiger partial charge in [-0.05, 0) is 25.5 Å². The van der Waals surface area contributed by atoms with Crippen molar-refractivity contribution in [3.8, 4) is 0 Å². The Balaban J connectivity index is 1.83. The molecule has 180 valence electrons. The molecule has 0 spiro atoms. The van der Waals surface area contributed by atoms with Gasteiger partial charge in [-0.2, -0.15) is 0 Å². The number of hydrogen-bond donors (Lipinski definition) is 1. The Morgan fingerprint density at radius 2 is 1.97 bits per heavy atom. The molecule has 0 unspecified atom stereocenters. The van der Waals surface area contributed by atoms with Crippen molar-refractivity contribution in [2.45, 2.75) is 25.6 Å². The van der Waals surface area contributed by atoms with Gasteiger partial charge in [0.15, 0.2) is 0 Å². The molecule has 1 aliphatic rings. The van der Waals surface area contributed by atoms with Crippen molar-refractivity contribution in [2.75, 3.05) is 46.2 Å². The fraction of sp³-hybridized carbons (Fsp3) is 0.480. The zero-order valence-electron chi connectivity index (χ0n) is 18.9. The average molecular weight is 461 g/mol.